The van der Waals surface area contributed by atoms with Gasteiger partial charge in [-0.3, -0.25) is 19.1 Å². The highest BCUT2D eigenvalue weighted by Crippen LogP contribution is 2.26. The second-order valence-corrected chi connectivity index (χ2v) is 11.5. The number of alkyl halides is 1. The summed E-state index contributed by atoms with van der Waals surface area (Å²) in [6, 6.07) is 0. The van der Waals surface area contributed by atoms with Crippen LogP contribution in [-0.4, -0.2) is 83.7 Å². The molecule has 2 rings (SSSR count). The number of H-pyrrole nitrogens is 1. The van der Waals surface area contributed by atoms with Crippen molar-refractivity contribution in [3.8, 4) is 0 Å². The number of rotatable bonds is 12. The number of carbonyl (C=O) groups excluding carboxylic acids is 1. The van der Waals surface area contributed by atoms with Crippen molar-refractivity contribution in [3.05, 3.63) is 16.7 Å². The minimum Gasteiger partial charge on any atom is -0.385 e. The first kappa shape index (κ1) is 38.7. The highest BCUT2D eigenvalue weighted by atomic mass is 127. The SMILES string of the molecule is CC.CC(C)(C)P.CI.COC(COPOCCSC=O)C(O)C(C)(O)n1cnc2c(=O)[nH]c(N)nc21. The summed E-state index contributed by atoms with van der Waals surface area (Å²) < 4.78 is 16.9. The van der Waals surface area contributed by atoms with Crippen LogP contribution in [0.3, 0.4) is 0 Å². The number of imidazole rings is 1. The average molecular weight is 698 g/mol. The highest BCUT2D eigenvalue weighted by molar-refractivity contribution is 14.1. The molecular weight excluding hydrogens is 655 g/mol. The fraction of sp³-hybridized carbons (Fsp3) is 0.714. The fourth-order valence-electron chi connectivity index (χ4n) is 2.38. The van der Waals surface area contributed by atoms with Crippen LogP contribution in [0.15, 0.2) is 11.1 Å². The molecule has 5 N–H and O–H groups in total. The molecule has 216 valence electrons. The summed E-state index contributed by atoms with van der Waals surface area (Å²) in [6.45, 7) is 12.0. The van der Waals surface area contributed by atoms with Gasteiger partial charge in [-0.1, -0.05) is 69.0 Å². The number of aromatic nitrogens is 4. The summed E-state index contributed by atoms with van der Waals surface area (Å²) in [5.41, 5.74) is 3.76. The number of fused-ring (bicyclic) bond motifs is 1. The Morgan fingerprint density at radius 3 is 2.41 bits per heavy atom. The summed E-state index contributed by atoms with van der Waals surface area (Å²) in [5, 5.41) is 22.0. The van der Waals surface area contributed by atoms with Crippen molar-refractivity contribution in [2.45, 2.75) is 64.6 Å². The lowest BCUT2D eigenvalue weighted by Crippen LogP contribution is -2.50. The first-order chi connectivity index (χ1) is 17.3. The molecule has 0 radical (unpaired) electrons. The zero-order valence-electron chi connectivity index (χ0n) is 22.6. The number of nitrogens with two attached hydrogens (primary N) is 1. The average Bonchev–Trinajstić information content (AvgIpc) is 3.27. The molecule has 0 aliphatic rings. The Morgan fingerprint density at radius 1 is 1.32 bits per heavy atom. The second kappa shape index (κ2) is 20.5. The van der Waals surface area contributed by atoms with Gasteiger partial charge in [0.05, 0.1) is 19.5 Å². The number of ether oxygens (including phenoxy) is 1. The standard InChI is InChI=1S/C14H22N5O7PS.C4H11P.C2H6.CH3I/c1-14(23,19-6-16-9-11(19)17-13(15)18-12(9)22)10(21)8(24-2)5-26-27-25-3-4-28-7-20;1-4(2,3)5;2*1-2/h6-8,10,21,23,27H,3-5H2,1-2H3,(H3,15,17,18,22);5H2,1-3H3;1-2H3;1H3. The fourth-order valence-corrected chi connectivity index (χ4v) is 3.30. The number of aromatic amines is 1. The number of methoxy groups -OCH3 is 1. The number of thioether (sulfide) groups is 1. The number of aliphatic hydroxyl groups is 2. The number of carbonyl (C=O) groups is 1. The number of hydrogen-bond acceptors (Lipinski definition) is 11. The molecule has 0 spiro atoms. The van der Waals surface area contributed by atoms with Crippen LogP contribution in [0, 0.1) is 0 Å². The largest absolute Gasteiger partial charge is 0.385 e. The van der Waals surface area contributed by atoms with E-state index in [9.17, 15) is 19.8 Å². The quantitative estimate of drug-likeness (QED) is 0.0844. The van der Waals surface area contributed by atoms with Crippen LogP contribution in [0.5, 0.6) is 0 Å². The van der Waals surface area contributed by atoms with Gasteiger partial charge in [0.15, 0.2) is 31.5 Å². The van der Waals surface area contributed by atoms with E-state index in [1.54, 1.807) is 0 Å². The van der Waals surface area contributed by atoms with Crippen molar-refractivity contribution in [3.63, 3.8) is 0 Å². The van der Waals surface area contributed by atoms with Crippen LogP contribution >= 0.6 is 52.6 Å². The molecule has 0 saturated carbocycles. The molecule has 5 unspecified atom stereocenters. The maximum absolute atomic E-state index is 11.9. The minimum absolute atomic E-state index is 0.0129. The molecule has 0 aromatic carbocycles. The van der Waals surface area contributed by atoms with E-state index in [0.717, 1.165) is 21.9 Å². The van der Waals surface area contributed by atoms with Gasteiger partial charge >= 0.3 is 0 Å². The van der Waals surface area contributed by atoms with E-state index in [0.29, 0.717) is 17.5 Å². The van der Waals surface area contributed by atoms with Crippen molar-refractivity contribution >= 4 is 75.4 Å². The van der Waals surface area contributed by atoms with Gasteiger partial charge in [0.25, 0.3) is 5.56 Å². The van der Waals surface area contributed by atoms with Crippen LogP contribution in [0.1, 0.15) is 41.5 Å². The van der Waals surface area contributed by atoms with Gasteiger partial charge in [-0.25, -0.2) is 4.98 Å². The van der Waals surface area contributed by atoms with E-state index in [-0.39, 0.29) is 32.8 Å². The number of nitrogen functional groups attached to an aromatic ring is 1. The van der Waals surface area contributed by atoms with E-state index in [1.807, 2.05) is 18.8 Å². The van der Waals surface area contributed by atoms with Gasteiger partial charge in [0.1, 0.15) is 12.2 Å². The van der Waals surface area contributed by atoms with E-state index < -0.39 is 23.5 Å². The third kappa shape index (κ3) is 15.1. The minimum atomic E-state index is -1.93. The highest BCUT2D eigenvalue weighted by Gasteiger charge is 2.40. The first-order valence-electron chi connectivity index (χ1n) is 11.2. The molecule has 0 saturated heterocycles. The van der Waals surface area contributed by atoms with Gasteiger partial charge in [-0.15, -0.1) is 9.24 Å². The van der Waals surface area contributed by atoms with Crippen LogP contribution in [0.25, 0.3) is 11.2 Å². The molecule has 0 aliphatic carbocycles. The molecule has 0 amide bonds. The molecule has 12 nitrogen and oxygen atoms in total. The number of halogens is 1. The number of anilines is 1. The second-order valence-electron chi connectivity index (χ2n) is 8.13. The topological polar surface area (TPSA) is 175 Å². The molecular formula is C21H42IN5O7P2S. The molecule has 16 heteroatoms. The normalized spacial score (nSPS) is 14.4. The van der Waals surface area contributed by atoms with E-state index in [1.165, 1.54) is 20.4 Å². The molecule has 0 fully saturated rings. The van der Waals surface area contributed by atoms with Crippen molar-refractivity contribution in [2.75, 3.05) is 36.7 Å². The van der Waals surface area contributed by atoms with Gasteiger partial charge in [-0.2, -0.15) is 4.98 Å². The van der Waals surface area contributed by atoms with Crippen molar-refractivity contribution < 1.29 is 28.8 Å². The third-order valence-electron chi connectivity index (χ3n) is 3.87. The van der Waals surface area contributed by atoms with Crippen LogP contribution < -0.4 is 11.3 Å². The van der Waals surface area contributed by atoms with Gasteiger partial charge < -0.3 is 29.7 Å². The lowest BCUT2D eigenvalue weighted by Gasteiger charge is -2.34. The summed E-state index contributed by atoms with van der Waals surface area (Å²) in [7, 11) is 3.74. The summed E-state index contributed by atoms with van der Waals surface area (Å²) in [4.78, 5) is 34.2. The predicted octanol–water partition coefficient (Wildman–Crippen LogP) is 2.95. The summed E-state index contributed by atoms with van der Waals surface area (Å²) in [6.07, 6.45) is -1.21. The van der Waals surface area contributed by atoms with E-state index in [2.05, 4.69) is 67.6 Å². The Morgan fingerprint density at radius 2 is 1.89 bits per heavy atom. The Balaban J connectivity index is 0. The zero-order valence-corrected chi connectivity index (χ0v) is 27.8. The summed E-state index contributed by atoms with van der Waals surface area (Å²) in [5.74, 6) is 0.357. The van der Waals surface area contributed by atoms with E-state index >= 15 is 0 Å². The molecule has 2 heterocycles. The summed E-state index contributed by atoms with van der Waals surface area (Å²) >= 11 is 3.23. The van der Waals surface area contributed by atoms with Gasteiger partial charge in [-0.05, 0) is 17.0 Å². The van der Waals surface area contributed by atoms with Crippen molar-refractivity contribution in [2.24, 2.45) is 0 Å². The number of nitrogens with zero attached hydrogens (tertiary/aromatic N) is 3. The molecule has 2 aromatic rings. The number of hydrogen-bond donors (Lipinski definition) is 4. The van der Waals surface area contributed by atoms with Crippen molar-refractivity contribution in [1.29, 1.82) is 0 Å². The third-order valence-corrected chi connectivity index (χ3v) is 5.01. The van der Waals surface area contributed by atoms with Gasteiger partial charge in [0.2, 0.25) is 5.95 Å². The zero-order chi connectivity index (χ0) is 29.2. The first-order valence-corrected chi connectivity index (χ1v) is 15.8. The van der Waals surface area contributed by atoms with E-state index in [4.69, 9.17) is 19.5 Å². The Labute approximate surface area is 240 Å². The van der Waals surface area contributed by atoms with Gasteiger partial charge in [0, 0.05) is 12.9 Å². The predicted molar refractivity (Wildman–Crippen MR) is 165 cm³/mol. The lowest BCUT2D eigenvalue weighted by molar-refractivity contribution is -0.172. The molecule has 37 heavy (non-hydrogen) atoms. The van der Waals surface area contributed by atoms with Crippen LogP contribution in [0.4, 0.5) is 5.95 Å². The van der Waals surface area contributed by atoms with Crippen molar-refractivity contribution in [1.82, 2.24) is 19.5 Å². The lowest BCUT2D eigenvalue weighted by atomic mass is 10.0. The maximum atomic E-state index is 11.9. The van der Waals surface area contributed by atoms with Crippen LogP contribution in [-0.2, 0) is 24.3 Å². The molecule has 0 bridgehead atoms. The Hall–Kier alpha value is -0.440. The van der Waals surface area contributed by atoms with Crippen LogP contribution in [0.2, 0.25) is 0 Å². The monoisotopic (exact) mass is 697 g/mol. The Bertz CT molecular complexity index is 938. The molecule has 0 aliphatic heterocycles. The molecule has 2 aromatic heterocycles. The maximum Gasteiger partial charge on any atom is 0.280 e. The number of aliphatic hydroxyl groups excluding tert-OH is 1. The number of nitrogens with one attached hydrogen (secondary N) is 1. The Kier molecular flexibility index (Phi) is 21.4. The smallest absolute Gasteiger partial charge is 0.280 e. The molecule has 5 atom stereocenters.